The van der Waals surface area contributed by atoms with Crippen molar-refractivity contribution in [3.8, 4) is 0 Å². The Morgan fingerprint density at radius 2 is 1.88 bits per heavy atom. The van der Waals surface area contributed by atoms with Gasteiger partial charge in [0, 0.05) is 18.5 Å². The molecule has 1 amide bonds. The lowest BCUT2D eigenvalue weighted by molar-refractivity contribution is -0.140. The van der Waals surface area contributed by atoms with Crippen molar-refractivity contribution in [3.63, 3.8) is 0 Å². The van der Waals surface area contributed by atoms with Crippen LogP contribution < -0.4 is 10.2 Å². The van der Waals surface area contributed by atoms with E-state index >= 15 is 0 Å². The second-order valence-corrected chi connectivity index (χ2v) is 8.47. The number of aromatic nitrogens is 1. The predicted octanol–water partition coefficient (Wildman–Crippen LogP) is 5.26. The molecule has 0 aliphatic carbocycles. The van der Waals surface area contributed by atoms with Crippen LogP contribution >= 0.6 is 11.3 Å². The van der Waals surface area contributed by atoms with E-state index in [0.29, 0.717) is 16.6 Å². The first-order chi connectivity index (χ1) is 15.2. The van der Waals surface area contributed by atoms with Crippen LogP contribution in [0.5, 0.6) is 0 Å². The summed E-state index contributed by atoms with van der Waals surface area (Å²) in [6.45, 7) is 3.33. The number of esters is 1. The highest BCUT2D eigenvalue weighted by atomic mass is 32.1. The summed E-state index contributed by atoms with van der Waals surface area (Å²) >= 11 is 0.906. The molecule has 1 aliphatic heterocycles. The molecule has 32 heavy (non-hydrogen) atoms. The number of thiophene rings is 1. The SMILES string of the molecule is COC(=O)c1ccc(N2CCCC2)c(NC(=O)c2sc3nc(C(F)(F)F)ccc3c2C)c1. The van der Waals surface area contributed by atoms with E-state index in [2.05, 4.69) is 15.2 Å². The van der Waals surface area contributed by atoms with Crippen molar-refractivity contribution < 1.29 is 27.5 Å². The molecule has 4 rings (SSSR count). The minimum Gasteiger partial charge on any atom is -0.465 e. The number of carbonyl (C=O) groups is 2. The van der Waals surface area contributed by atoms with Crippen LogP contribution in [0, 0.1) is 6.92 Å². The van der Waals surface area contributed by atoms with Gasteiger partial charge in [0.2, 0.25) is 0 Å². The number of nitrogens with one attached hydrogen (secondary N) is 1. The van der Waals surface area contributed by atoms with Gasteiger partial charge in [0.05, 0.1) is 28.9 Å². The van der Waals surface area contributed by atoms with Crippen LogP contribution in [0.15, 0.2) is 30.3 Å². The molecule has 1 saturated heterocycles. The summed E-state index contributed by atoms with van der Waals surface area (Å²) < 4.78 is 43.8. The number of alkyl halides is 3. The number of anilines is 2. The number of hydrogen-bond donors (Lipinski definition) is 1. The van der Waals surface area contributed by atoms with Gasteiger partial charge in [-0.25, -0.2) is 9.78 Å². The quantitative estimate of drug-likeness (QED) is 0.535. The van der Waals surface area contributed by atoms with E-state index < -0.39 is 23.7 Å². The maximum absolute atomic E-state index is 13.1. The Bertz CT molecular complexity index is 1200. The highest BCUT2D eigenvalue weighted by molar-refractivity contribution is 7.20. The molecule has 2 aromatic heterocycles. The van der Waals surface area contributed by atoms with Gasteiger partial charge in [0.1, 0.15) is 10.5 Å². The van der Waals surface area contributed by atoms with Crippen molar-refractivity contribution in [1.29, 1.82) is 0 Å². The molecule has 6 nitrogen and oxygen atoms in total. The number of fused-ring (bicyclic) bond motifs is 1. The average molecular weight is 463 g/mol. The molecule has 0 radical (unpaired) electrons. The van der Waals surface area contributed by atoms with Gasteiger partial charge in [-0.15, -0.1) is 11.3 Å². The molecule has 0 atom stereocenters. The number of aryl methyl sites for hydroxylation is 1. The van der Waals surface area contributed by atoms with E-state index in [1.807, 2.05) is 0 Å². The van der Waals surface area contributed by atoms with Crippen molar-refractivity contribution in [1.82, 2.24) is 4.98 Å². The van der Waals surface area contributed by atoms with Crippen LogP contribution in [0.3, 0.4) is 0 Å². The smallest absolute Gasteiger partial charge is 0.433 e. The van der Waals surface area contributed by atoms with Gasteiger partial charge in [-0.3, -0.25) is 4.79 Å². The maximum Gasteiger partial charge on any atom is 0.433 e. The Morgan fingerprint density at radius 1 is 1.16 bits per heavy atom. The van der Waals surface area contributed by atoms with Crippen molar-refractivity contribution in [2.75, 3.05) is 30.4 Å². The first kappa shape index (κ1) is 22.1. The second kappa shape index (κ2) is 8.42. The largest absolute Gasteiger partial charge is 0.465 e. The number of ether oxygens (including phenoxy) is 1. The Morgan fingerprint density at radius 3 is 2.53 bits per heavy atom. The summed E-state index contributed by atoms with van der Waals surface area (Å²) in [5, 5.41) is 3.34. The van der Waals surface area contributed by atoms with Crippen LogP contribution in [0.1, 0.15) is 44.1 Å². The predicted molar refractivity (Wildman–Crippen MR) is 117 cm³/mol. The third kappa shape index (κ3) is 4.14. The fourth-order valence-electron chi connectivity index (χ4n) is 3.77. The van der Waals surface area contributed by atoms with Gasteiger partial charge >= 0.3 is 12.1 Å². The number of hydrogen-bond acceptors (Lipinski definition) is 6. The zero-order valence-electron chi connectivity index (χ0n) is 17.4. The van der Waals surface area contributed by atoms with Gasteiger partial charge in [-0.2, -0.15) is 13.2 Å². The molecule has 1 fully saturated rings. The number of methoxy groups -OCH3 is 1. The number of pyridine rings is 1. The van der Waals surface area contributed by atoms with Gasteiger partial charge in [0.25, 0.3) is 5.91 Å². The Balaban J connectivity index is 1.70. The highest BCUT2D eigenvalue weighted by Gasteiger charge is 2.33. The third-order valence-corrected chi connectivity index (χ3v) is 6.61. The summed E-state index contributed by atoms with van der Waals surface area (Å²) in [5.41, 5.74) is 1.06. The molecule has 1 aliphatic rings. The van der Waals surface area contributed by atoms with E-state index in [1.165, 1.54) is 13.2 Å². The lowest BCUT2D eigenvalue weighted by atomic mass is 10.1. The summed E-state index contributed by atoms with van der Waals surface area (Å²) in [6, 6.07) is 7.21. The number of halogens is 3. The second-order valence-electron chi connectivity index (χ2n) is 7.47. The van der Waals surface area contributed by atoms with E-state index in [0.717, 1.165) is 49.0 Å². The number of benzene rings is 1. The first-order valence-corrected chi connectivity index (χ1v) is 10.8. The minimum absolute atomic E-state index is 0.144. The fourth-order valence-corrected chi connectivity index (χ4v) is 4.84. The molecule has 0 saturated carbocycles. The Hall–Kier alpha value is -3.14. The molecular weight excluding hydrogens is 443 g/mol. The first-order valence-electron chi connectivity index (χ1n) is 9.95. The summed E-state index contributed by atoms with van der Waals surface area (Å²) in [7, 11) is 1.28. The van der Waals surface area contributed by atoms with Crippen LogP contribution in [0.4, 0.5) is 24.5 Å². The van der Waals surface area contributed by atoms with Crippen LogP contribution in [0.2, 0.25) is 0 Å². The number of rotatable bonds is 4. The standard InChI is InChI=1S/C22H20F3N3O3S/c1-12-14-6-8-17(22(23,24)25)27-20(14)32-18(12)19(29)26-15-11-13(21(30)31-2)5-7-16(15)28-9-3-4-10-28/h5-8,11H,3-4,9-10H2,1-2H3,(H,26,29). The summed E-state index contributed by atoms with van der Waals surface area (Å²) in [5.74, 6) is -1.00. The highest BCUT2D eigenvalue weighted by Crippen LogP contribution is 2.36. The van der Waals surface area contributed by atoms with Gasteiger partial charge in [-0.05, 0) is 55.7 Å². The summed E-state index contributed by atoms with van der Waals surface area (Å²) in [4.78, 5) is 31.3. The van der Waals surface area contributed by atoms with Crippen LogP contribution in [-0.2, 0) is 10.9 Å². The molecule has 0 spiro atoms. The zero-order chi connectivity index (χ0) is 23.0. The van der Waals surface area contributed by atoms with E-state index in [1.54, 1.807) is 25.1 Å². The maximum atomic E-state index is 13.1. The lowest BCUT2D eigenvalue weighted by Crippen LogP contribution is -2.21. The van der Waals surface area contributed by atoms with Crippen molar-refractivity contribution in [2.24, 2.45) is 0 Å². The minimum atomic E-state index is -4.56. The third-order valence-electron chi connectivity index (χ3n) is 5.41. The van der Waals surface area contributed by atoms with Crippen molar-refractivity contribution >= 4 is 44.8 Å². The van der Waals surface area contributed by atoms with E-state index in [4.69, 9.17) is 4.74 Å². The molecule has 0 bridgehead atoms. The molecule has 1 N–H and O–H groups in total. The molecule has 168 valence electrons. The average Bonchev–Trinajstić information content (AvgIpc) is 3.40. The number of amides is 1. The molecule has 3 heterocycles. The number of nitrogens with zero attached hydrogens (tertiary/aromatic N) is 2. The van der Waals surface area contributed by atoms with Gasteiger partial charge in [-0.1, -0.05) is 0 Å². The van der Waals surface area contributed by atoms with E-state index in [9.17, 15) is 22.8 Å². The van der Waals surface area contributed by atoms with E-state index in [-0.39, 0.29) is 15.3 Å². The van der Waals surface area contributed by atoms with Crippen LogP contribution in [-0.4, -0.2) is 37.1 Å². The van der Waals surface area contributed by atoms with Crippen molar-refractivity contribution in [2.45, 2.75) is 25.9 Å². The molecule has 1 aromatic carbocycles. The molecular formula is C22H20F3N3O3S. The topological polar surface area (TPSA) is 71.5 Å². The lowest BCUT2D eigenvalue weighted by Gasteiger charge is -2.22. The summed E-state index contributed by atoms with van der Waals surface area (Å²) in [6.07, 6.45) is -2.52. The van der Waals surface area contributed by atoms with Crippen LogP contribution in [0.25, 0.3) is 10.2 Å². The number of carbonyl (C=O) groups excluding carboxylic acids is 2. The normalized spacial score (nSPS) is 14.1. The Labute approximate surface area is 186 Å². The molecule has 3 aromatic rings. The Kier molecular flexibility index (Phi) is 5.81. The molecule has 10 heteroatoms. The molecule has 0 unspecified atom stereocenters. The van der Waals surface area contributed by atoms with Gasteiger partial charge in [0.15, 0.2) is 0 Å². The fraction of sp³-hybridized carbons (Fsp3) is 0.318. The monoisotopic (exact) mass is 463 g/mol. The van der Waals surface area contributed by atoms with Gasteiger partial charge < -0.3 is 15.0 Å². The van der Waals surface area contributed by atoms with Crippen molar-refractivity contribution in [3.05, 3.63) is 52.0 Å². The zero-order valence-corrected chi connectivity index (χ0v) is 18.2.